The predicted molar refractivity (Wildman–Crippen MR) is 96.0 cm³/mol. The van der Waals surface area contributed by atoms with Gasteiger partial charge in [-0.3, -0.25) is 0 Å². The lowest BCUT2D eigenvalue weighted by Gasteiger charge is -2.41. The van der Waals surface area contributed by atoms with Crippen LogP contribution in [-0.4, -0.2) is 39.4 Å². The molecule has 124 valence electrons. The first-order chi connectivity index (χ1) is 11.6. The smallest absolute Gasteiger partial charge is 0.164 e. The fourth-order valence-corrected chi connectivity index (χ4v) is 3.87. The van der Waals surface area contributed by atoms with Gasteiger partial charge in [-0.15, -0.1) is 0 Å². The van der Waals surface area contributed by atoms with Gasteiger partial charge in [0.2, 0.25) is 0 Å². The van der Waals surface area contributed by atoms with E-state index in [-0.39, 0.29) is 5.60 Å². The molecule has 1 saturated heterocycles. The summed E-state index contributed by atoms with van der Waals surface area (Å²) >= 11 is 3.54. The normalized spacial score (nSPS) is 21.4. The molecule has 1 unspecified atom stereocenters. The highest BCUT2D eigenvalue weighted by atomic mass is 79.9. The van der Waals surface area contributed by atoms with Gasteiger partial charge < -0.3 is 9.64 Å². The lowest BCUT2D eigenvalue weighted by atomic mass is 9.94. The van der Waals surface area contributed by atoms with E-state index >= 15 is 0 Å². The Kier molecular flexibility index (Phi) is 3.77. The minimum atomic E-state index is -0.370. The van der Waals surface area contributed by atoms with Crippen molar-refractivity contribution < 1.29 is 4.74 Å². The van der Waals surface area contributed by atoms with E-state index in [4.69, 9.17) is 4.74 Å². The molecule has 24 heavy (non-hydrogen) atoms. The molecule has 0 N–H and O–H groups in total. The molecule has 3 aromatic rings. The summed E-state index contributed by atoms with van der Waals surface area (Å²) in [6.45, 7) is 4.29. The third kappa shape index (κ3) is 2.48. The molecule has 0 saturated carbocycles. The molecule has 0 aliphatic carbocycles. The molecule has 0 radical (unpaired) electrons. The largest absolute Gasteiger partial charge is 0.367 e. The van der Waals surface area contributed by atoms with Crippen molar-refractivity contribution in [1.29, 1.82) is 0 Å². The molecular formula is C17H18BrN5O. The van der Waals surface area contributed by atoms with E-state index in [1.807, 2.05) is 25.2 Å². The van der Waals surface area contributed by atoms with Crippen molar-refractivity contribution >= 4 is 32.8 Å². The van der Waals surface area contributed by atoms with Crippen LogP contribution in [0.5, 0.6) is 0 Å². The monoisotopic (exact) mass is 387 g/mol. The van der Waals surface area contributed by atoms with Gasteiger partial charge in [-0.05, 0) is 28.4 Å². The topological polar surface area (TPSA) is 56.1 Å². The van der Waals surface area contributed by atoms with Crippen LogP contribution in [0.1, 0.15) is 12.5 Å². The molecule has 7 heteroatoms. The number of fused-ring (bicyclic) bond motifs is 1. The maximum Gasteiger partial charge on any atom is 0.164 e. The van der Waals surface area contributed by atoms with Crippen molar-refractivity contribution in [1.82, 2.24) is 19.7 Å². The highest BCUT2D eigenvalue weighted by Gasteiger charge is 2.35. The second kappa shape index (κ2) is 5.82. The average molecular weight is 388 g/mol. The Hall–Kier alpha value is -1.99. The molecule has 3 heterocycles. The van der Waals surface area contributed by atoms with Crippen molar-refractivity contribution in [2.75, 3.05) is 24.6 Å². The summed E-state index contributed by atoms with van der Waals surface area (Å²) in [7, 11) is 1.89. The number of anilines is 1. The molecule has 1 aliphatic heterocycles. The first-order valence-electron chi connectivity index (χ1n) is 7.86. The number of rotatable bonds is 2. The summed E-state index contributed by atoms with van der Waals surface area (Å²) in [5, 5.41) is 5.36. The average Bonchev–Trinajstić information content (AvgIpc) is 2.90. The highest BCUT2D eigenvalue weighted by Crippen LogP contribution is 2.35. The maximum absolute atomic E-state index is 6.13. The molecule has 0 amide bonds. The van der Waals surface area contributed by atoms with Crippen LogP contribution in [0.15, 0.2) is 41.3 Å². The molecule has 4 rings (SSSR count). The summed E-state index contributed by atoms with van der Waals surface area (Å²) < 4.78 is 8.67. The van der Waals surface area contributed by atoms with Crippen LogP contribution in [-0.2, 0) is 17.4 Å². The van der Waals surface area contributed by atoms with Crippen LogP contribution >= 0.6 is 15.9 Å². The first-order valence-corrected chi connectivity index (χ1v) is 8.65. The third-order valence-corrected chi connectivity index (χ3v) is 5.07. The van der Waals surface area contributed by atoms with Crippen molar-refractivity contribution in [3.8, 4) is 0 Å². The van der Waals surface area contributed by atoms with Crippen molar-refractivity contribution in [3.63, 3.8) is 0 Å². The van der Waals surface area contributed by atoms with E-state index < -0.39 is 0 Å². The van der Waals surface area contributed by atoms with Gasteiger partial charge in [0.25, 0.3) is 0 Å². The van der Waals surface area contributed by atoms with Crippen molar-refractivity contribution in [2.24, 2.45) is 7.05 Å². The zero-order valence-corrected chi connectivity index (χ0v) is 15.2. The summed E-state index contributed by atoms with van der Waals surface area (Å²) in [4.78, 5) is 11.1. The van der Waals surface area contributed by atoms with Crippen molar-refractivity contribution in [2.45, 2.75) is 12.5 Å². The van der Waals surface area contributed by atoms with E-state index in [0.717, 1.165) is 34.5 Å². The lowest BCUT2D eigenvalue weighted by molar-refractivity contribution is -0.0467. The van der Waals surface area contributed by atoms with Crippen molar-refractivity contribution in [3.05, 3.63) is 46.8 Å². The molecule has 1 atom stereocenters. The molecule has 6 nitrogen and oxygen atoms in total. The third-order valence-electron chi connectivity index (χ3n) is 4.52. The molecule has 1 aromatic carbocycles. The Balaban J connectivity index is 1.75. The zero-order chi connectivity index (χ0) is 16.7. The van der Waals surface area contributed by atoms with Crippen LogP contribution in [0.4, 0.5) is 5.82 Å². The first kappa shape index (κ1) is 15.5. The van der Waals surface area contributed by atoms with E-state index in [1.165, 1.54) is 5.56 Å². The fraction of sp³-hybridized carbons (Fsp3) is 0.353. The molecule has 2 aromatic heterocycles. The quantitative estimate of drug-likeness (QED) is 0.676. The summed E-state index contributed by atoms with van der Waals surface area (Å²) in [5.41, 5.74) is 1.62. The van der Waals surface area contributed by atoms with Crippen LogP contribution < -0.4 is 4.90 Å². The highest BCUT2D eigenvalue weighted by molar-refractivity contribution is 9.10. The van der Waals surface area contributed by atoms with Crippen LogP contribution in [0.25, 0.3) is 11.0 Å². The maximum atomic E-state index is 6.13. The molecule has 0 spiro atoms. The molecular weight excluding hydrogens is 370 g/mol. The molecule has 1 aliphatic rings. The summed E-state index contributed by atoms with van der Waals surface area (Å²) in [5.74, 6) is 0.894. The van der Waals surface area contributed by atoms with Gasteiger partial charge in [-0.1, -0.05) is 30.3 Å². The summed E-state index contributed by atoms with van der Waals surface area (Å²) in [6, 6.07) is 10.3. The SMILES string of the molecule is Cn1nc(Br)c2c(N3CCOC(C)(c4ccccc4)C3)ncnc21. The minimum absolute atomic E-state index is 0.370. The number of halogens is 1. The van der Waals surface area contributed by atoms with E-state index in [0.29, 0.717) is 6.61 Å². The zero-order valence-electron chi connectivity index (χ0n) is 13.6. The minimum Gasteiger partial charge on any atom is -0.367 e. The van der Waals surface area contributed by atoms with Gasteiger partial charge in [-0.25, -0.2) is 14.6 Å². The van der Waals surface area contributed by atoms with E-state index in [1.54, 1.807) is 11.0 Å². The second-order valence-electron chi connectivity index (χ2n) is 6.18. The van der Waals surface area contributed by atoms with E-state index in [9.17, 15) is 0 Å². The van der Waals surface area contributed by atoms with Crippen LogP contribution in [0.3, 0.4) is 0 Å². The number of aromatic nitrogens is 4. The fourth-order valence-electron chi connectivity index (χ4n) is 3.28. The predicted octanol–water partition coefficient (Wildman–Crippen LogP) is 2.88. The van der Waals surface area contributed by atoms with Crippen LogP contribution in [0, 0.1) is 0 Å². The molecule has 0 bridgehead atoms. The Morgan fingerprint density at radius 2 is 2.00 bits per heavy atom. The van der Waals surface area contributed by atoms with Gasteiger partial charge in [0.05, 0.1) is 18.5 Å². The van der Waals surface area contributed by atoms with Gasteiger partial charge in [0, 0.05) is 13.6 Å². The number of hydrogen-bond donors (Lipinski definition) is 0. The standard InChI is InChI=1S/C17H18BrN5O/c1-17(12-6-4-3-5-7-12)10-23(8-9-24-17)16-13-14(18)21-22(2)15(13)19-11-20-16/h3-7,11H,8-10H2,1-2H3. The number of nitrogens with zero attached hydrogens (tertiary/aromatic N) is 5. The van der Waals surface area contributed by atoms with Gasteiger partial charge in [-0.2, -0.15) is 5.10 Å². The number of hydrogen-bond acceptors (Lipinski definition) is 5. The Labute approximate surface area is 148 Å². The lowest BCUT2D eigenvalue weighted by Crippen LogP contribution is -2.48. The number of benzene rings is 1. The molecule has 1 fully saturated rings. The number of aryl methyl sites for hydroxylation is 1. The number of ether oxygens (including phenoxy) is 1. The van der Waals surface area contributed by atoms with Gasteiger partial charge in [0.1, 0.15) is 22.3 Å². The van der Waals surface area contributed by atoms with Gasteiger partial charge >= 0.3 is 0 Å². The van der Waals surface area contributed by atoms with Gasteiger partial charge in [0.15, 0.2) is 5.65 Å². The van der Waals surface area contributed by atoms with E-state index in [2.05, 4.69) is 55.0 Å². The Morgan fingerprint density at radius 3 is 2.79 bits per heavy atom. The second-order valence-corrected chi connectivity index (χ2v) is 6.93. The Bertz CT molecular complexity index is 881. The summed E-state index contributed by atoms with van der Waals surface area (Å²) in [6.07, 6.45) is 1.60. The number of morpholine rings is 1. The Morgan fingerprint density at radius 1 is 1.21 bits per heavy atom. The van der Waals surface area contributed by atoms with Crippen LogP contribution in [0.2, 0.25) is 0 Å².